The summed E-state index contributed by atoms with van der Waals surface area (Å²) in [5.74, 6) is -0.890. The van der Waals surface area contributed by atoms with Crippen LogP contribution in [0.2, 0.25) is 0 Å². The van der Waals surface area contributed by atoms with Crippen molar-refractivity contribution in [2.75, 3.05) is 0 Å². The van der Waals surface area contributed by atoms with E-state index in [-0.39, 0.29) is 0 Å². The zero-order chi connectivity index (χ0) is 14.7. The summed E-state index contributed by atoms with van der Waals surface area (Å²) < 4.78 is 0. The van der Waals surface area contributed by atoms with Crippen molar-refractivity contribution in [3.05, 3.63) is 73.9 Å². The van der Waals surface area contributed by atoms with Gasteiger partial charge in [-0.05, 0) is 17.0 Å². The van der Waals surface area contributed by atoms with E-state index in [1.165, 1.54) is 11.3 Å². The van der Waals surface area contributed by atoms with Crippen LogP contribution in [-0.4, -0.2) is 16.1 Å². The molecule has 0 aliphatic rings. The van der Waals surface area contributed by atoms with Crippen LogP contribution < -0.4 is 0 Å². The van der Waals surface area contributed by atoms with Crippen molar-refractivity contribution in [2.24, 2.45) is 0 Å². The maximum absolute atomic E-state index is 11.4. The van der Waals surface area contributed by atoms with Crippen LogP contribution in [0, 0.1) is 0 Å². The number of thiophene rings is 1. The largest absolute Gasteiger partial charge is 0.477 e. The summed E-state index contributed by atoms with van der Waals surface area (Å²) in [6.45, 7) is 0. The maximum atomic E-state index is 11.4. The number of carbonyl (C=O) groups is 1. The van der Waals surface area contributed by atoms with Crippen LogP contribution in [-0.2, 0) is 12.8 Å². The molecule has 1 N–H and O–H groups in total. The topological polar surface area (TPSA) is 50.2 Å². The summed E-state index contributed by atoms with van der Waals surface area (Å²) in [7, 11) is 0. The van der Waals surface area contributed by atoms with Crippen molar-refractivity contribution in [3.63, 3.8) is 0 Å². The van der Waals surface area contributed by atoms with Crippen LogP contribution in [0.15, 0.2) is 47.8 Å². The molecule has 2 heterocycles. The minimum absolute atomic E-state index is 0.356. The van der Waals surface area contributed by atoms with E-state index in [4.69, 9.17) is 0 Å². The van der Waals surface area contributed by atoms with Gasteiger partial charge in [0.15, 0.2) is 0 Å². The Morgan fingerprint density at radius 3 is 2.57 bits per heavy atom. The van der Waals surface area contributed by atoms with Gasteiger partial charge in [0.25, 0.3) is 0 Å². The first-order chi connectivity index (χ1) is 10.2. The SMILES string of the molecule is O=C(O)c1sc(Cc2ccccc2)nc1Cc1cccs1. The molecule has 2 aromatic heterocycles. The summed E-state index contributed by atoms with van der Waals surface area (Å²) in [5.41, 5.74) is 1.81. The first-order valence-electron chi connectivity index (χ1n) is 6.50. The Labute approximate surface area is 130 Å². The highest BCUT2D eigenvalue weighted by Crippen LogP contribution is 2.25. The minimum Gasteiger partial charge on any atom is -0.477 e. The lowest BCUT2D eigenvalue weighted by molar-refractivity contribution is 0.0701. The Balaban J connectivity index is 1.87. The Morgan fingerprint density at radius 1 is 1.10 bits per heavy atom. The highest BCUT2D eigenvalue weighted by Gasteiger charge is 2.18. The molecule has 5 heteroatoms. The molecular weight excluding hydrogens is 302 g/mol. The van der Waals surface area contributed by atoms with Gasteiger partial charge in [0, 0.05) is 17.7 Å². The number of aromatic nitrogens is 1. The molecule has 0 bridgehead atoms. The quantitative estimate of drug-likeness (QED) is 0.771. The first kappa shape index (κ1) is 14.0. The van der Waals surface area contributed by atoms with Crippen LogP contribution >= 0.6 is 22.7 Å². The predicted molar refractivity (Wildman–Crippen MR) is 85.4 cm³/mol. The first-order valence-corrected chi connectivity index (χ1v) is 8.20. The van der Waals surface area contributed by atoms with Gasteiger partial charge in [-0.1, -0.05) is 36.4 Å². The average molecular weight is 315 g/mol. The van der Waals surface area contributed by atoms with Crippen molar-refractivity contribution < 1.29 is 9.90 Å². The fourth-order valence-corrected chi connectivity index (χ4v) is 3.77. The van der Waals surface area contributed by atoms with Gasteiger partial charge in [0.1, 0.15) is 4.88 Å². The number of benzene rings is 1. The number of carboxylic acids is 1. The molecule has 0 aliphatic heterocycles. The van der Waals surface area contributed by atoms with Gasteiger partial charge in [-0.2, -0.15) is 0 Å². The summed E-state index contributed by atoms with van der Waals surface area (Å²) >= 11 is 2.90. The molecule has 3 rings (SSSR count). The lowest BCUT2D eigenvalue weighted by Gasteiger charge is -1.96. The Hall–Kier alpha value is -1.98. The molecule has 0 aliphatic carbocycles. The molecule has 0 spiro atoms. The van der Waals surface area contributed by atoms with E-state index in [2.05, 4.69) is 4.98 Å². The molecule has 1 aromatic carbocycles. The van der Waals surface area contributed by atoms with E-state index in [1.54, 1.807) is 11.3 Å². The van der Waals surface area contributed by atoms with Crippen molar-refractivity contribution in [3.8, 4) is 0 Å². The molecule has 3 aromatic rings. The third kappa shape index (κ3) is 3.37. The molecule has 0 amide bonds. The van der Waals surface area contributed by atoms with Crippen LogP contribution in [0.3, 0.4) is 0 Å². The smallest absolute Gasteiger partial charge is 0.347 e. The summed E-state index contributed by atoms with van der Waals surface area (Å²) in [5, 5.41) is 12.2. The molecule has 0 atom stereocenters. The van der Waals surface area contributed by atoms with Gasteiger partial charge in [-0.25, -0.2) is 9.78 Å². The number of nitrogens with zero attached hydrogens (tertiary/aromatic N) is 1. The summed E-state index contributed by atoms with van der Waals surface area (Å²) in [6, 6.07) is 14.0. The molecule has 0 radical (unpaired) electrons. The second kappa shape index (κ2) is 6.20. The van der Waals surface area contributed by atoms with Crippen molar-refractivity contribution in [1.82, 2.24) is 4.98 Å². The van der Waals surface area contributed by atoms with Gasteiger partial charge in [0.2, 0.25) is 0 Å². The average Bonchev–Trinajstić information content (AvgIpc) is 3.10. The summed E-state index contributed by atoms with van der Waals surface area (Å²) in [4.78, 5) is 17.4. The lowest BCUT2D eigenvalue weighted by atomic mass is 10.2. The maximum Gasteiger partial charge on any atom is 0.347 e. The van der Waals surface area contributed by atoms with Crippen LogP contribution in [0.25, 0.3) is 0 Å². The van der Waals surface area contributed by atoms with E-state index >= 15 is 0 Å². The van der Waals surface area contributed by atoms with Crippen LogP contribution in [0.5, 0.6) is 0 Å². The van der Waals surface area contributed by atoms with E-state index in [1.807, 2.05) is 47.8 Å². The standard InChI is InChI=1S/C16H13NO2S2/c18-16(19)15-13(10-12-7-4-8-20-12)17-14(21-15)9-11-5-2-1-3-6-11/h1-8H,9-10H2,(H,18,19). The molecule has 106 valence electrons. The van der Waals surface area contributed by atoms with Gasteiger partial charge < -0.3 is 5.11 Å². The van der Waals surface area contributed by atoms with Gasteiger partial charge in [0.05, 0.1) is 10.7 Å². The van der Waals surface area contributed by atoms with E-state index in [0.717, 1.165) is 15.4 Å². The fourth-order valence-electron chi connectivity index (χ4n) is 2.11. The second-order valence-corrected chi connectivity index (χ2v) is 6.72. The van der Waals surface area contributed by atoms with Crippen LogP contribution in [0.4, 0.5) is 0 Å². The predicted octanol–water partition coefficient (Wildman–Crippen LogP) is 4.08. The molecular formula is C16H13NO2S2. The lowest BCUT2D eigenvalue weighted by Crippen LogP contribution is -1.99. The zero-order valence-electron chi connectivity index (χ0n) is 11.2. The summed E-state index contributed by atoms with van der Waals surface area (Å²) in [6.07, 6.45) is 1.26. The molecule has 0 unspecified atom stereocenters. The molecule has 21 heavy (non-hydrogen) atoms. The molecule has 3 nitrogen and oxygen atoms in total. The van der Waals surface area contributed by atoms with Crippen molar-refractivity contribution >= 4 is 28.6 Å². The third-order valence-corrected chi connectivity index (χ3v) is 5.02. The second-order valence-electron chi connectivity index (χ2n) is 4.61. The van der Waals surface area contributed by atoms with Gasteiger partial charge in [-0.15, -0.1) is 22.7 Å². The monoisotopic (exact) mass is 315 g/mol. The van der Waals surface area contributed by atoms with Gasteiger partial charge >= 0.3 is 5.97 Å². The Bertz CT molecular complexity index is 733. The Morgan fingerprint density at radius 2 is 1.90 bits per heavy atom. The third-order valence-electron chi connectivity index (χ3n) is 3.06. The molecule has 0 saturated carbocycles. The van der Waals surface area contributed by atoms with Crippen molar-refractivity contribution in [2.45, 2.75) is 12.8 Å². The normalized spacial score (nSPS) is 10.7. The van der Waals surface area contributed by atoms with Gasteiger partial charge in [-0.3, -0.25) is 0 Å². The number of thiazole rings is 1. The van der Waals surface area contributed by atoms with Crippen molar-refractivity contribution in [1.29, 1.82) is 0 Å². The number of carboxylic acid groups (broad SMARTS) is 1. The van der Waals surface area contributed by atoms with E-state index in [0.29, 0.717) is 23.4 Å². The Kier molecular flexibility index (Phi) is 4.13. The number of hydrogen-bond donors (Lipinski definition) is 1. The van der Waals surface area contributed by atoms with Crippen LogP contribution in [0.1, 0.15) is 30.8 Å². The fraction of sp³-hybridized carbons (Fsp3) is 0.125. The number of hydrogen-bond acceptors (Lipinski definition) is 4. The van der Waals surface area contributed by atoms with E-state index in [9.17, 15) is 9.90 Å². The molecule has 0 fully saturated rings. The number of aromatic carboxylic acids is 1. The number of rotatable bonds is 5. The zero-order valence-corrected chi connectivity index (χ0v) is 12.8. The van der Waals surface area contributed by atoms with E-state index < -0.39 is 5.97 Å². The molecule has 0 saturated heterocycles. The minimum atomic E-state index is -0.890. The highest BCUT2D eigenvalue weighted by molar-refractivity contribution is 7.13. The highest BCUT2D eigenvalue weighted by atomic mass is 32.1.